The van der Waals surface area contributed by atoms with Crippen LogP contribution in [0.4, 0.5) is 5.13 Å². The molecule has 0 aromatic carbocycles. The van der Waals surface area contributed by atoms with Gasteiger partial charge in [-0.25, -0.2) is 4.98 Å². The number of hydrogen-bond donors (Lipinski definition) is 2. The third kappa shape index (κ3) is 3.17. The normalized spacial score (nSPS) is 17.7. The molecule has 2 N–H and O–H groups in total. The smallest absolute Gasteiger partial charge is 0.310 e. The molecule has 0 aliphatic heterocycles. The lowest BCUT2D eigenvalue weighted by molar-refractivity contribution is -0.153. The van der Waals surface area contributed by atoms with Gasteiger partial charge >= 0.3 is 5.97 Å². The Hall–Kier alpha value is -1.43. The maximum absolute atomic E-state index is 12.1. The van der Waals surface area contributed by atoms with Gasteiger partial charge in [0.2, 0.25) is 5.91 Å². The molecular formula is C14H20N2O3S. The molecule has 1 heterocycles. The van der Waals surface area contributed by atoms with Gasteiger partial charge in [-0.15, -0.1) is 11.3 Å². The summed E-state index contributed by atoms with van der Waals surface area (Å²) < 4.78 is 0. The predicted octanol–water partition coefficient (Wildman–Crippen LogP) is 3.12. The van der Waals surface area contributed by atoms with E-state index in [-0.39, 0.29) is 12.3 Å². The van der Waals surface area contributed by atoms with E-state index in [9.17, 15) is 14.7 Å². The maximum atomic E-state index is 12.1. The molecule has 0 spiro atoms. The van der Waals surface area contributed by atoms with Crippen molar-refractivity contribution in [1.29, 1.82) is 0 Å². The first-order chi connectivity index (χ1) is 9.43. The Morgan fingerprint density at radius 3 is 2.45 bits per heavy atom. The van der Waals surface area contributed by atoms with E-state index in [1.165, 1.54) is 11.3 Å². The molecule has 1 aliphatic rings. The van der Waals surface area contributed by atoms with Crippen molar-refractivity contribution in [2.45, 2.75) is 52.4 Å². The number of nitrogens with one attached hydrogen (secondary N) is 1. The molecular weight excluding hydrogens is 276 g/mol. The predicted molar refractivity (Wildman–Crippen MR) is 78.0 cm³/mol. The van der Waals surface area contributed by atoms with Crippen LogP contribution in [0, 0.1) is 19.3 Å². The molecule has 110 valence electrons. The van der Waals surface area contributed by atoms with Crippen LogP contribution in [0.5, 0.6) is 0 Å². The summed E-state index contributed by atoms with van der Waals surface area (Å²) in [6, 6.07) is 0. The summed E-state index contributed by atoms with van der Waals surface area (Å²) in [6.45, 7) is 3.84. The van der Waals surface area contributed by atoms with E-state index in [2.05, 4.69) is 10.3 Å². The number of carbonyl (C=O) groups is 2. The van der Waals surface area contributed by atoms with E-state index in [0.29, 0.717) is 18.0 Å². The van der Waals surface area contributed by atoms with Crippen molar-refractivity contribution in [2.75, 3.05) is 5.32 Å². The molecule has 2 rings (SSSR count). The van der Waals surface area contributed by atoms with Crippen molar-refractivity contribution in [1.82, 2.24) is 4.98 Å². The number of nitrogens with zero attached hydrogens (tertiary/aromatic N) is 1. The fourth-order valence-electron chi connectivity index (χ4n) is 2.69. The van der Waals surface area contributed by atoms with Gasteiger partial charge in [0, 0.05) is 11.3 Å². The summed E-state index contributed by atoms with van der Waals surface area (Å²) in [5.41, 5.74) is 0.0138. The second-order valence-corrected chi connectivity index (χ2v) is 6.73. The molecule has 20 heavy (non-hydrogen) atoms. The Morgan fingerprint density at radius 2 is 1.95 bits per heavy atom. The highest BCUT2D eigenvalue weighted by Gasteiger charge is 2.41. The maximum Gasteiger partial charge on any atom is 0.310 e. The summed E-state index contributed by atoms with van der Waals surface area (Å²) in [6.07, 6.45) is 4.04. The average molecular weight is 296 g/mol. The van der Waals surface area contributed by atoms with Gasteiger partial charge in [0.25, 0.3) is 0 Å². The molecule has 1 saturated carbocycles. The number of carboxylic acid groups (broad SMARTS) is 1. The number of hydrogen-bond acceptors (Lipinski definition) is 4. The summed E-state index contributed by atoms with van der Waals surface area (Å²) in [5, 5.41) is 12.8. The van der Waals surface area contributed by atoms with Crippen molar-refractivity contribution in [3.8, 4) is 0 Å². The number of carbonyl (C=O) groups excluding carboxylic acids is 1. The molecule has 0 radical (unpaired) electrons. The van der Waals surface area contributed by atoms with Crippen LogP contribution in [-0.4, -0.2) is 22.0 Å². The van der Waals surface area contributed by atoms with Crippen molar-refractivity contribution in [3.63, 3.8) is 0 Å². The molecule has 1 aliphatic carbocycles. The lowest BCUT2D eigenvalue weighted by Gasteiger charge is -2.32. The highest BCUT2D eigenvalue weighted by molar-refractivity contribution is 7.15. The zero-order valence-corrected chi connectivity index (χ0v) is 12.7. The molecule has 1 amide bonds. The first-order valence-electron chi connectivity index (χ1n) is 6.90. The topological polar surface area (TPSA) is 79.3 Å². The second-order valence-electron chi connectivity index (χ2n) is 5.53. The quantitative estimate of drug-likeness (QED) is 0.894. The summed E-state index contributed by atoms with van der Waals surface area (Å²) in [4.78, 5) is 28.9. The molecule has 5 nitrogen and oxygen atoms in total. The van der Waals surface area contributed by atoms with E-state index in [4.69, 9.17) is 0 Å². The average Bonchev–Trinajstić information content (AvgIpc) is 2.68. The minimum atomic E-state index is -0.885. The molecule has 0 atom stereocenters. The minimum absolute atomic E-state index is 0.0417. The Bertz CT molecular complexity index is 499. The van der Waals surface area contributed by atoms with Crippen LogP contribution in [0.3, 0.4) is 0 Å². The highest BCUT2D eigenvalue weighted by Crippen LogP contribution is 2.40. The second kappa shape index (κ2) is 5.91. The molecule has 6 heteroatoms. The zero-order chi connectivity index (χ0) is 14.8. The fraction of sp³-hybridized carbons (Fsp3) is 0.643. The molecule has 0 unspecified atom stereocenters. The van der Waals surface area contributed by atoms with Gasteiger partial charge in [-0.1, -0.05) is 19.3 Å². The summed E-state index contributed by atoms with van der Waals surface area (Å²) >= 11 is 1.42. The van der Waals surface area contributed by atoms with Gasteiger partial charge in [-0.2, -0.15) is 0 Å². The monoisotopic (exact) mass is 296 g/mol. The lowest BCUT2D eigenvalue weighted by Crippen LogP contribution is -2.37. The summed E-state index contributed by atoms with van der Waals surface area (Å²) in [7, 11) is 0. The molecule has 0 saturated heterocycles. The van der Waals surface area contributed by atoms with Gasteiger partial charge in [0.15, 0.2) is 5.13 Å². The van der Waals surface area contributed by atoms with Gasteiger partial charge < -0.3 is 10.4 Å². The number of anilines is 1. The SMILES string of the molecule is Cc1nc(NC(=O)CC2(C(=O)O)CCCCC2)sc1C. The standard InChI is InChI=1S/C14H20N2O3S/c1-9-10(2)20-13(15-9)16-11(17)8-14(12(18)19)6-4-3-5-7-14/h3-8H2,1-2H3,(H,18,19)(H,15,16,17). The number of rotatable bonds is 4. The number of thiazole rings is 1. The minimum Gasteiger partial charge on any atom is -0.481 e. The van der Waals surface area contributed by atoms with Crippen LogP contribution in [-0.2, 0) is 9.59 Å². The number of amides is 1. The lowest BCUT2D eigenvalue weighted by atomic mass is 9.71. The van der Waals surface area contributed by atoms with Gasteiger partial charge in [0.05, 0.1) is 11.1 Å². The van der Waals surface area contributed by atoms with Gasteiger partial charge in [0.1, 0.15) is 0 Å². The van der Waals surface area contributed by atoms with Crippen molar-refractivity contribution in [2.24, 2.45) is 5.41 Å². The molecule has 1 fully saturated rings. The number of aryl methyl sites for hydroxylation is 2. The van der Waals surface area contributed by atoms with E-state index < -0.39 is 11.4 Å². The van der Waals surface area contributed by atoms with Crippen molar-refractivity contribution < 1.29 is 14.7 Å². The molecule has 0 bridgehead atoms. The molecule has 1 aromatic rings. The van der Waals surface area contributed by atoms with Crippen molar-refractivity contribution >= 4 is 28.3 Å². The van der Waals surface area contributed by atoms with Crippen LogP contribution >= 0.6 is 11.3 Å². The van der Waals surface area contributed by atoms with E-state index in [1.807, 2.05) is 13.8 Å². The Labute approximate surface area is 122 Å². The van der Waals surface area contributed by atoms with Crippen LogP contribution in [0.15, 0.2) is 0 Å². The third-order valence-electron chi connectivity index (χ3n) is 4.04. The van der Waals surface area contributed by atoms with Crippen LogP contribution in [0.1, 0.15) is 49.1 Å². The summed E-state index contributed by atoms with van der Waals surface area (Å²) in [5.74, 6) is -1.10. The third-order valence-corrected chi connectivity index (χ3v) is 5.03. The number of carboxylic acids is 1. The van der Waals surface area contributed by atoms with Crippen LogP contribution in [0.2, 0.25) is 0 Å². The Kier molecular flexibility index (Phi) is 4.42. The van der Waals surface area contributed by atoms with Crippen molar-refractivity contribution in [3.05, 3.63) is 10.6 Å². The fourth-order valence-corrected chi connectivity index (χ4v) is 3.52. The number of aromatic nitrogens is 1. The van der Waals surface area contributed by atoms with E-state index in [1.54, 1.807) is 0 Å². The highest BCUT2D eigenvalue weighted by atomic mass is 32.1. The largest absolute Gasteiger partial charge is 0.481 e. The number of aliphatic carboxylic acids is 1. The van der Waals surface area contributed by atoms with Gasteiger partial charge in [-0.3, -0.25) is 9.59 Å². The van der Waals surface area contributed by atoms with E-state index >= 15 is 0 Å². The Morgan fingerprint density at radius 1 is 1.30 bits per heavy atom. The zero-order valence-electron chi connectivity index (χ0n) is 11.9. The first-order valence-corrected chi connectivity index (χ1v) is 7.72. The van der Waals surface area contributed by atoms with Crippen LogP contribution in [0.25, 0.3) is 0 Å². The van der Waals surface area contributed by atoms with E-state index in [0.717, 1.165) is 29.8 Å². The van der Waals surface area contributed by atoms with Crippen LogP contribution < -0.4 is 5.32 Å². The Balaban J connectivity index is 2.03. The molecule has 1 aromatic heterocycles. The first kappa shape index (κ1) is 15.0. The van der Waals surface area contributed by atoms with Gasteiger partial charge in [-0.05, 0) is 26.7 Å².